The van der Waals surface area contributed by atoms with Crippen LogP contribution in [-0.4, -0.2) is 31.9 Å². The smallest absolute Gasteiger partial charge is 0.422 e. The molecule has 0 unspecified atom stereocenters. The van der Waals surface area contributed by atoms with Crippen LogP contribution in [0.25, 0.3) is 0 Å². The molecule has 1 N–H and O–H groups in total. The molecule has 19 heavy (non-hydrogen) atoms. The van der Waals surface area contributed by atoms with Crippen LogP contribution in [0.15, 0.2) is 24.3 Å². The zero-order chi connectivity index (χ0) is 14.3. The summed E-state index contributed by atoms with van der Waals surface area (Å²) in [7, 11) is 0. The Morgan fingerprint density at radius 1 is 1.32 bits per heavy atom. The highest BCUT2D eigenvalue weighted by atomic mass is 19.4. The molecule has 0 heterocycles. The van der Waals surface area contributed by atoms with Crippen LogP contribution < -0.4 is 10.1 Å². The maximum Gasteiger partial charge on any atom is 0.422 e. The SMILES string of the molecule is CCOCC(=O)Nc1ccccc1OCC(F)(F)F. The number of alkyl halides is 3. The van der Waals surface area contributed by atoms with Crippen molar-refractivity contribution < 1.29 is 27.4 Å². The fourth-order valence-electron chi connectivity index (χ4n) is 1.24. The molecule has 0 atom stereocenters. The fraction of sp³-hybridized carbons (Fsp3) is 0.417. The average molecular weight is 277 g/mol. The topological polar surface area (TPSA) is 47.6 Å². The maximum atomic E-state index is 12.1. The number of rotatable bonds is 6. The van der Waals surface area contributed by atoms with Gasteiger partial charge in [-0.3, -0.25) is 4.79 Å². The Balaban J connectivity index is 2.65. The van der Waals surface area contributed by atoms with Gasteiger partial charge in [0.15, 0.2) is 6.61 Å². The molecule has 0 fully saturated rings. The van der Waals surface area contributed by atoms with E-state index in [1.165, 1.54) is 18.2 Å². The van der Waals surface area contributed by atoms with Gasteiger partial charge in [-0.1, -0.05) is 12.1 Å². The number of benzene rings is 1. The van der Waals surface area contributed by atoms with Gasteiger partial charge in [0.05, 0.1) is 5.69 Å². The van der Waals surface area contributed by atoms with Gasteiger partial charge in [-0.15, -0.1) is 0 Å². The fourth-order valence-corrected chi connectivity index (χ4v) is 1.24. The summed E-state index contributed by atoms with van der Waals surface area (Å²) in [5.74, 6) is -0.491. The summed E-state index contributed by atoms with van der Waals surface area (Å²) in [6.07, 6.45) is -4.43. The quantitative estimate of drug-likeness (QED) is 0.869. The number of carbonyl (C=O) groups is 1. The van der Waals surface area contributed by atoms with Crippen LogP contribution in [0.2, 0.25) is 0 Å². The maximum absolute atomic E-state index is 12.1. The van der Waals surface area contributed by atoms with Crippen molar-refractivity contribution >= 4 is 11.6 Å². The third-order valence-electron chi connectivity index (χ3n) is 1.99. The van der Waals surface area contributed by atoms with Crippen LogP contribution >= 0.6 is 0 Å². The van der Waals surface area contributed by atoms with E-state index in [4.69, 9.17) is 4.74 Å². The molecule has 1 rings (SSSR count). The molecule has 7 heteroatoms. The molecule has 0 aliphatic heterocycles. The van der Waals surface area contributed by atoms with Crippen molar-refractivity contribution in [1.82, 2.24) is 0 Å². The molecule has 1 aromatic rings. The Bertz CT molecular complexity index is 421. The first-order valence-electron chi connectivity index (χ1n) is 5.58. The van der Waals surface area contributed by atoms with Gasteiger partial charge in [-0.05, 0) is 19.1 Å². The Morgan fingerprint density at radius 2 is 2.00 bits per heavy atom. The van der Waals surface area contributed by atoms with Crippen molar-refractivity contribution in [3.63, 3.8) is 0 Å². The minimum Gasteiger partial charge on any atom is -0.482 e. The summed E-state index contributed by atoms with van der Waals surface area (Å²) < 4.78 is 45.7. The molecular formula is C12H14F3NO3. The predicted octanol–water partition coefficient (Wildman–Crippen LogP) is 2.60. The highest BCUT2D eigenvalue weighted by Gasteiger charge is 2.28. The van der Waals surface area contributed by atoms with Crippen LogP contribution in [0.4, 0.5) is 18.9 Å². The summed E-state index contributed by atoms with van der Waals surface area (Å²) in [6, 6.07) is 5.90. The third-order valence-corrected chi connectivity index (χ3v) is 1.99. The molecule has 0 aromatic heterocycles. The summed E-state index contributed by atoms with van der Waals surface area (Å²) in [5, 5.41) is 2.43. The third kappa shape index (κ3) is 6.10. The Labute approximate surface area is 108 Å². The number of amides is 1. The predicted molar refractivity (Wildman–Crippen MR) is 63.1 cm³/mol. The van der Waals surface area contributed by atoms with Crippen molar-refractivity contribution in [2.24, 2.45) is 0 Å². The van der Waals surface area contributed by atoms with Crippen molar-refractivity contribution in [2.45, 2.75) is 13.1 Å². The number of carbonyl (C=O) groups excluding carboxylic acids is 1. The molecule has 106 valence electrons. The molecule has 0 radical (unpaired) electrons. The van der Waals surface area contributed by atoms with E-state index < -0.39 is 18.7 Å². The first kappa shape index (κ1) is 15.3. The Morgan fingerprint density at radius 3 is 2.63 bits per heavy atom. The minimum atomic E-state index is -4.43. The van der Waals surface area contributed by atoms with E-state index in [0.717, 1.165) is 0 Å². The van der Waals surface area contributed by atoms with E-state index in [1.807, 2.05) is 0 Å². The van der Waals surface area contributed by atoms with Crippen LogP contribution in [0.1, 0.15) is 6.92 Å². The number of hydrogen-bond donors (Lipinski definition) is 1. The molecule has 1 aromatic carbocycles. The standard InChI is InChI=1S/C12H14F3NO3/c1-2-18-7-11(17)16-9-5-3-4-6-10(9)19-8-12(13,14)15/h3-6H,2,7-8H2,1H3,(H,16,17). The van der Waals surface area contributed by atoms with Gasteiger partial charge in [-0.25, -0.2) is 0 Å². The van der Waals surface area contributed by atoms with Crippen molar-refractivity contribution in [3.05, 3.63) is 24.3 Å². The van der Waals surface area contributed by atoms with E-state index >= 15 is 0 Å². The first-order valence-corrected chi connectivity index (χ1v) is 5.58. The van der Waals surface area contributed by atoms with Crippen LogP contribution in [0.3, 0.4) is 0 Å². The van der Waals surface area contributed by atoms with Gasteiger partial charge < -0.3 is 14.8 Å². The second kappa shape index (κ2) is 6.98. The second-order valence-corrected chi connectivity index (χ2v) is 3.59. The van der Waals surface area contributed by atoms with Gasteiger partial charge in [0.1, 0.15) is 12.4 Å². The molecule has 1 amide bonds. The number of ether oxygens (including phenoxy) is 2. The van der Waals surface area contributed by atoms with E-state index in [2.05, 4.69) is 10.1 Å². The van der Waals surface area contributed by atoms with Crippen molar-refractivity contribution in [1.29, 1.82) is 0 Å². The monoisotopic (exact) mass is 277 g/mol. The van der Waals surface area contributed by atoms with E-state index in [9.17, 15) is 18.0 Å². The van der Waals surface area contributed by atoms with Crippen molar-refractivity contribution in [2.75, 3.05) is 25.1 Å². The summed E-state index contributed by atoms with van der Waals surface area (Å²) >= 11 is 0. The average Bonchev–Trinajstić information content (AvgIpc) is 2.34. The molecule has 0 saturated heterocycles. The lowest BCUT2D eigenvalue weighted by Crippen LogP contribution is -2.21. The van der Waals surface area contributed by atoms with E-state index in [1.54, 1.807) is 13.0 Å². The number of anilines is 1. The summed E-state index contributed by atoms with van der Waals surface area (Å²) in [5.41, 5.74) is 0.177. The zero-order valence-electron chi connectivity index (χ0n) is 10.3. The molecule has 0 bridgehead atoms. The lowest BCUT2D eigenvalue weighted by atomic mass is 10.3. The van der Waals surface area contributed by atoms with Crippen molar-refractivity contribution in [3.8, 4) is 5.75 Å². The summed E-state index contributed by atoms with van der Waals surface area (Å²) in [6.45, 7) is 0.531. The number of para-hydroxylation sites is 2. The molecule has 0 aliphatic carbocycles. The van der Waals surface area contributed by atoms with Gasteiger partial charge in [0.25, 0.3) is 0 Å². The highest BCUT2D eigenvalue weighted by molar-refractivity contribution is 5.93. The van der Waals surface area contributed by atoms with E-state index in [0.29, 0.717) is 6.61 Å². The van der Waals surface area contributed by atoms with Crippen LogP contribution in [-0.2, 0) is 9.53 Å². The van der Waals surface area contributed by atoms with E-state index in [-0.39, 0.29) is 18.0 Å². The first-order chi connectivity index (χ1) is 8.92. The molecule has 4 nitrogen and oxygen atoms in total. The second-order valence-electron chi connectivity index (χ2n) is 3.59. The number of halogens is 3. The minimum absolute atomic E-state index is 0.0373. The summed E-state index contributed by atoms with van der Waals surface area (Å²) in [4.78, 5) is 11.4. The molecule has 0 saturated carbocycles. The van der Waals surface area contributed by atoms with Gasteiger partial charge in [0, 0.05) is 6.61 Å². The zero-order valence-corrected chi connectivity index (χ0v) is 10.3. The Kier molecular flexibility index (Phi) is 5.62. The largest absolute Gasteiger partial charge is 0.482 e. The van der Waals surface area contributed by atoms with Crippen LogP contribution in [0, 0.1) is 0 Å². The normalized spacial score (nSPS) is 11.2. The van der Waals surface area contributed by atoms with Gasteiger partial charge in [0.2, 0.25) is 5.91 Å². The lowest BCUT2D eigenvalue weighted by Gasteiger charge is -2.13. The highest BCUT2D eigenvalue weighted by Crippen LogP contribution is 2.26. The Hall–Kier alpha value is -1.76. The number of hydrogen-bond acceptors (Lipinski definition) is 3. The van der Waals surface area contributed by atoms with Gasteiger partial charge in [-0.2, -0.15) is 13.2 Å². The van der Waals surface area contributed by atoms with Gasteiger partial charge >= 0.3 is 6.18 Å². The lowest BCUT2D eigenvalue weighted by molar-refractivity contribution is -0.153. The molecule has 0 aliphatic rings. The molecular weight excluding hydrogens is 263 g/mol. The van der Waals surface area contributed by atoms with Crippen LogP contribution in [0.5, 0.6) is 5.75 Å². The molecule has 0 spiro atoms. The number of nitrogens with one attached hydrogen (secondary N) is 1.